The second-order valence-electron chi connectivity index (χ2n) is 4.99. The average molecular weight is 264 g/mol. The lowest BCUT2D eigenvalue weighted by Crippen LogP contribution is -2.20. The van der Waals surface area contributed by atoms with Crippen LogP contribution in [0, 0.1) is 5.92 Å². The zero-order valence-corrected chi connectivity index (χ0v) is 11.4. The van der Waals surface area contributed by atoms with Crippen LogP contribution in [-0.2, 0) is 4.79 Å². The molecule has 0 heterocycles. The second-order valence-corrected chi connectivity index (χ2v) is 4.99. The molecule has 0 unspecified atom stereocenters. The van der Waals surface area contributed by atoms with Gasteiger partial charge in [0.1, 0.15) is 11.5 Å². The number of carboxylic acid groups (broad SMARTS) is 1. The Kier molecular flexibility index (Phi) is 4.30. The minimum atomic E-state index is -0.667. The van der Waals surface area contributed by atoms with Gasteiger partial charge >= 0.3 is 5.97 Å². The molecular formula is C15H20O4. The van der Waals surface area contributed by atoms with E-state index >= 15 is 0 Å². The van der Waals surface area contributed by atoms with Gasteiger partial charge in [-0.15, -0.1) is 0 Å². The summed E-state index contributed by atoms with van der Waals surface area (Å²) in [6.07, 6.45) is 3.30. The van der Waals surface area contributed by atoms with Crippen molar-refractivity contribution in [3.63, 3.8) is 0 Å². The fourth-order valence-corrected chi connectivity index (χ4v) is 2.81. The number of rotatable bonds is 4. The number of methoxy groups -OCH3 is 2. The Balaban J connectivity index is 2.12. The van der Waals surface area contributed by atoms with Crippen molar-refractivity contribution in [2.45, 2.75) is 31.6 Å². The van der Waals surface area contributed by atoms with Crippen LogP contribution in [0.15, 0.2) is 18.2 Å². The van der Waals surface area contributed by atoms with E-state index in [2.05, 4.69) is 0 Å². The van der Waals surface area contributed by atoms with E-state index in [0.29, 0.717) is 5.92 Å². The highest BCUT2D eigenvalue weighted by Gasteiger charge is 2.28. The molecule has 4 heteroatoms. The van der Waals surface area contributed by atoms with Gasteiger partial charge in [0, 0.05) is 6.07 Å². The minimum Gasteiger partial charge on any atom is -0.497 e. The molecule has 19 heavy (non-hydrogen) atoms. The van der Waals surface area contributed by atoms with Crippen molar-refractivity contribution in [2.24, 2.45) is 5.92 Å². The monoisotopic (exact) mass is 264 g/mol. The Morgan fingerprint density at radius 2 is 1.84 bits per heavy atom. The molecule has 4 nitrogen and oxygen atoms in total. The van der Waals surface area contributed by atoms with Gasteiger partial charge in [-0.2, -0.15) is 0 Å². The topological polar surface area (TPSA) is 55.8 Å². The van der Waals surface area contributed by atoms with E-state index < -0.39 is 5.97 Å². The lowest BCUT2D eigenvalue weighted by atomic mass is 9.78. The number of hydrogen-bond donors (Lipinski definition) is 1. The molecule has 2 rings (SSSR count). The lowest BCUT2D eigenvalue weighted by Gasteiger charge is -2.27. The molecule has 0 aromatic heterocycles. The normalized spacial score (nSPS) is 22.8. The van der Waals surface area contributed by atoms with Gasteiger partial charge in [-0.3, -0.25) is 4.79 Å². The van der Waals surface area contributed by atoms with Crippen LogP contribution in [0.2, 0.25) is 0 Å². The smallest absolute Gasteiger partial charge is 0.306 e. The molecule has 1 aliphatic rings. The van der Waals surface area contributed by atoms with Crippen molar-refractivity contribution in [1.29, 1.82) is 0 Å². The van der Waals surface area contributed by atoms with Crippen LogP contribution in [0.1, 0.15) is 37.2 Å². The molecule has 1 fully saturated rings. The van der Waals surface area contributed by atoms with Crippen LogP contribution in [0.5, 0.6) is 11.5 Å². The first-order valence-electron chi connectivity index (χ1n) is 6.60. The summed E-state index contributed by atoms with van der Waals surface area (Å²) in [4.78, 5) is 11.0. The first kappa shape index (κ1) is 13.7. The predicted octanol–water partition coefficient (Wildman–Crippen LogP) is 3.06. The zero-order valence-electron chi connectivity index (χ0n) is 11.4. The number of carbonyl (C=O) groups is 1. The summed E-state index contributed by atoms with van der Waals surface area (Å²) < 4.78 is 10.6. The number of ether oxygens (including phenoxy) is 2. The molecule has 0 atom stereocenters. The van der Waals surface area contributed by atoms with Crippen molar-refractivity contribution >= 4 is 5.97 Å². The Morgan fingerprint density at radius 1 is 1.16 bits per heavy atom. The predicted molar refractivity (Wildman–Crippen MR) is 71.9 cm³/mol. The SMILES string of the molecule is COc1ccc(C2CCC(C(=O)O)CC2)c(OC)c1. The molecule has 0 amide bonds. The third kappa shape index (κ3) is 3.00. The van der Waals surface area contributed by atoms with Crippen molar-refractivity contribution in [1.82, 2.24) is 0 Å². The summed E-state index contributed by atoms with van der Waals surface area (Å²) in [5.74, 6) is 1.15. The van der Waals surface area contributed by atoms with Crippen molar-refractivity contribution in [3.8, 4) is 11.5 Å². The Hall–Kier alpha value is -1.71. The van der Waals surface area contributed by atoms with E-state index in [1.807, 2.05) is 18.2 Å². The van der Waals surface area contributed by atoms with Crippen LogP contribution >= 0.6 is 0 Å². The molecule has 1 saturated carbocycles. The second kappa shape index (κ2) is 5.95. The highest BCUT2D eigenvalue weighted by atomic mass is 16.5. The third-order valence-corrected chi connectivity index (χ3v) is 3.96. The Morgan fingerprint density at radius 3 is 2.37 bits per heavy atom. The maximum Gasteiger partial charge on any atom is 0.306 e. The Bertz CT molecular complexity index is 447. The van der Waals surface area contributed by atoms with Gasteiger partial charge in [0.2, 0.25) is 0 Å². The molecule has 0 saturated heterocycles. The summed E-state index contributed by atoms with van der Waals surface area (Å²) in [6.45, 7) is 0. The number of aliphatic carboxylic acids is 1. The molecule has 104 valence electrons. The van der Waals surface area contributed by atoms with E-state index in [4.69, 9.17) is 14.6 Å². The van der Waals surface area contributed by atoms with Crippen LogP contribution in [0.25, 0.3) is 0 Å². The first-order chi connectivity index (χ1) is 9.15. The first-order valence-corrected chi connectivity index (χ1v) is 6.60. The average Bonchev–Trinajstić information content (AvgIpc) is 2.46. The van der Waals surface area contributed by atoms with Crippen molar-refractivity contribution in [2.75, 3.05) is 14.2 Å². The fourth-order valence-electron chi connectivity index (χ4n) is 2.81. The van der Waals surface area contributed by atoms with E-state index in [1.54, 1.807) is 14.2 Å². The molecule has 0 spiro atoms. The summed E-state index contributed by atoms with van der Waals surface area (Å²) in [6, 6.07) is 5.85. The summed E-state index contributed by atoms with van der Waals surface area (Å²) in [7, 11) is 3.29. The molecule has 0 radical (unpaired) electrons. The number of hydrogen-bond acceptors (Lipinski definition) is 3. The lowest BCUT2D eigenvalue weighted by molar-refractivity contribution is -0.142. The van der Waals surface area contributed by atoms with E-state index in [-0.39, 0.29) is 5.92 Å². The quantitative estimate of drug-likeness (QED) is 0.908. The van der Waals surface area contributed by atoms with Gasteiger partial charge in [0.05, 0.1) is 20.1 Å². The number of carboxylic acids is 1. The molecule has 1 aromatic carbocycles. The standard InChI is InChI=1S/C15H20O4/c1-18-12-7-8-13(14(9-12)19-2)10-3-5-11(6-4-10)15(16)17/h7-11H,3-6H2,1-2H3,(H,16,17). The van der Waals surface area contributed by atoms with Gasteiger partial charge < -0.3 is 14.6 Å². The van der Waals surface area contributed by atoms with Crippen LogP contribution in [0.3, 0.4) is 0 Å². The fraction of sp³-hybridized carbons (Fsp3) is 0.533. The largest absolute Gasteiger partial charge is 0.497 e. The van der Waals surface area contributed by atoms with Crippen LogP contribution in [-0.4, -0.2) is 25.3 Å². The third-order valence-electron chi connectivity index (χ3n) is 3.96. The van der Waals surface area contributed by atoms with E-state index in [1.165, 1.54) is 0 Å². The van der Waals surface area contributed by atoms with E-state index in [9.17, 15) is 4.79 Å². The maximum atomic E-state index is 11.0. The van der Waals surface area contributed by atoms with Crippen LogP contribution in [0.4, 0.5) is 0 Å². The van der Waals surface area contributed by atoms with Gasteiger partial charge in [-0.05, 0) is 43.2 Å². The zero-order chi connectivity index (χ0) is 13.8. The molecular weight excluding hydrogens is 244 g/mol. The van der Waals surface area contributed by atoms with Gasteiger partial charge in [-0.1, -0.05) is 6.07 Å². The van der Waals surface area contributed by atoms with Crippen molar-refractivity contribution < 1.29 is 19.4 Å². The van der Waals surface area contributed by atoms with Crippen LogP contribution < -0.4 is 9.47 Å². The number of benzene rings is 1. The highest BCUT2D eigenvalue weighted by molar-refractivity contribution is 5.70. The highest BCUT2D eigenvalue weighted by Crippen LogP contribution is 2.40. The van der Waals surface area contributed by atoms with Crippen molar-refractivity contribution in [3.05, 3.63) is 23.8 Å². The molecule has 0 bridgehead atoms. The maximum absolute atomic E-state index is 11.0. The molecule has 0 aliphatic heterocycles. The molecule has 1 aliphatic carbocycles. The van der Waals surface area contributed by atoms with Gasteiger partial charge in [-0.25, -0.2) is 0 Å². The summed E-state index contributed by atoms with van der Waals surface area (Å²) in [5, 5.41) is 9.02. The minimum absolute atomic E-state index is 0.180. The van der Waals surface area contributed by atoms with Gasteiger partial charge in [0.25, 0.3) is 0 Å². The Labute approximate surface area is 113 Å². The summed E-state index contributed by atoms with van der Waals surface area (Å²) >= 11 is 0. The van der Waals surface area contributed by atoms with Gasteiger partial charge in [0.15, 0.2) is 0 Å². The summed E-state index contributed by atoms with van der Waals surface area (Å²) in [5.41, 5.74) is 1.16. The van der Waals surface area contributed by atoms with E-state index in [0.717, 1.165) is 42.7 Å². The molecule has 1 N–H and O–H groups in total. The molecule has 1 aromatic rings.